The van der Waals surface area contributed by atoms with Gasteiger partial charge < -0.3 is 0 Å². The number of hydrogen-bond acceptors (Lipinski definition) is 3. The summed E-state index contributed by atoms with van der Waals surface area (Å²) in [4.78, 5) is 0. The molecule has 1 aliphatic heterocycles. The van der Waals surface area contributed by atoms with Gasteiger partial charge in [0.05, 0.1) is 0 Å². The highest BCUT2D eigenvalue weighted by molar-refractivity contribution is 7.34. The standard InChI is InChI=1S/C32H48O3P/c1-14-15-22-23-16-20(29(2,3)4)18-25(31(8,9)10)27(23)34-36(33)35-28-24(22)17-21(30(5,6)7)19-26(28)32(11,12)13/h16-19,22H,14-15H2,1-13H3/q+1. The van der Waals surface area contributed by atoms with Crippen LogP contribution in [0.15, 0.2) is 24.3 Å². The van der Waals surface area contributed by atoms with Crippen LogP contribution in [0, 0.1) is 0 Å². The zero-order valence-electron chi connectivity index (χ0n) is 25.0. The molecule has 0 radical (unpaired) electrons. The van der Waals surface area contributed by atoms with E-state index in [9.17, 15) is 4.57 Å². The normalized spacial score (nSPS) is 17.9. The first-order valence-electron chi connectivity index (χ1n) is 13.5. The molecular formula is C32H48O3P+. The Bertz CT molecular complexity index is 1060. The molecule has 0 N–H and O–H groups in total. The second kappa shape index (κ2) is 9.46. The van der Waals surface area contributed by atoms with Crippen LogP contribution in [0.5, 0.6) is 11.5 Å². The van der Waals surface area contributed by atoms with Crippen molar-refractivity contribution in [2.24, 2.45) is 0 Å². The van der Waals surface area contributed by atoms with Gasteiger partial charge in [-0.15, -0.1) is 0 Å². The Morgan fingerprint density at radius 1 is 0.639 bits per heavy atom. The lowest BCUT2D eigenvalue weighted by Crippen LogP contribution is -2.23. The second-order valence-electron chi connectivity index (χ2n) is 14.6. The maximum absolute atomic E-state index is 13.5. The van der Waals surface area contributed by atoms with Gasteiger partial charge in [0.2, 0.25) is 0 Å². The summed E-state index contributed by atoms with van der Waals surface area (Å²) in [5.74, 6) is 1.55. The molecule has 0 aromatic heterocycles. The van der Waals surface area contributed by atoms with Crippen LogP contribution in [-0.4, -0.2) is 0 Å². The Labute approximate surface area is 221 Å². The molecule has 4 heteroatoms. The lowest BCUT2D eigenvalue weighted by molar-refractivity contribution is 0.388. The van der Waals surface area contributed by atoms with Crippen molar-refractivity contribution in [2.75, 3.05) is 0 Å². The van der Waals surface area contributed by atoms with E-state index in [1.165, 1.54) is 11.1 Å². The van der Waals surface area contributed by atoms with Gasteiger partial charge in [0.1, 0.15) is 0 Å². The van der Waals surface area contributed by atoms with Gasteiger partial charge in [0.15, 0.2) is 11.5 Å². The van der Waals surface area contributed by atoms with E-state index < -0.39 is 8.25 Å². The van der Waals surface area contributed by atoms with Gasteiger partial charge in [-0.1, -0.05) is 121 Å². The average molecular weight is 512 g/mol. The van der Waals surface area contributed by atoms with Gasteiger partial charge in [-0.2, -0.15) is 0 Å². The number of fused-ring (bicyclic) bond motifs is 2. The first-order chi connectivity index (χ1) is 16.2. The third-order valence-electron chi connectivity index (χ3n) is 7.24. The van der Waals surface area contributed by atoms with Crippen LogP contribution < -0.4 is 9.05 Å². The van der Waals surface area contributed by atoms with Crippen molar-refractivity contribution in [2.45, 2.75) is 130 Å². The van der Waals surface area contributed by atoms with Gasteiger partial charge in [-0.3, -0.25) is 0 Å². The topological polar surface area (TPSA) is 35.5 Å². The number of benzene rings is 2. The minimum atomic E-state index is -2.39. The summed E-state index contributed by atoms with van der Waals surface area (Å²) in [6.45, 7) is 29.0. The molecule has 0 saturated heterocycles. The van der Waals surface area contributed by atoms with Crippen LogP contribution >= 0.6 is 8.25 Å². The van der Waals surface area contributed by atoms with Crippen LogP contribution in [-0.2, 0) is 26.2 Å². The summed E-state index contributed by atoms with van der Waals surface area (Å²) in [7, 11) is -2.39. The molecule has 2 aromatic carbocycles. The molecule has 0 unspecified atom stereocenters. The number of rotatable bonds is 2. The van der Waals surface area contributed by atoms with Crippen LogP contribution in [0.3, 0.4) is 0 Å². The Balaban J connectivity index is 2.52. The summed E-state index contributed by atoms with van der Waals surface area (Å²) < 4.78 is 25.9. The first-order valence-corrected chi connectivity index (χ1v) is 14.6. The largest absolute Gasteiger partial charge is 0.805 e. The molecule has 3 nitrogen and oxygen atoms in total. The molecule has 36 heavy (non-hydrogen) atoms. The molecule has 198 valence electrons. The number of hydrogen-bond donors (Lipinski definition) is 0. The van der Waals surface area contributed by atoms with Crippen LogP contribution in [0.4, 0.5) is 0 Å². The van der Waals surface area contributed by atoms with Crippen molar-refractivity contribution >= 4 is 8.25 Å². The molecule has 0 aliphatic carbocycles. The van der Waals surface area contributed by atoms with Gasteiger partial charge >= 0.3 is 8.25 Å². The van der Waals surface area contributed by atoms with Gasteiger partial charge in [-0.25, -0.2) is 9.05 Å². The van der Waals surface area contributed by atoms with E-state index in [4.69, 9.17) is 9.05 Å². The lowest BCUT2D eigenvalue weighted by Gasteiger charge is -2.33. The molecule has 0 spiro atoms. The Morgan fingerprint density at radius 2 is 1.00 bits per heavy atom. The highest BCUT2D eigenvalue weighted by Crippen LogP contribution is 2.53. The zero-order chi connectivity index (χ0) is 27.4. The molecule has 3 rings (SSSR count). The summed E-state index contributed by atoms with van der Waals surface area (Å²) in [5, 5.41) is 0. The molecule has 0 atom stereocenters. The van der Waals surface area contributed by atoms with Crippen molar-refractivity contribution < 1.29 is 13.6 Å². The lowest BCUT2D eigenvalue weighted by atomic mass is 9.73. The highest BCUT2D eigenvalue weighted by atomic mass is 31.1. The molecule has 0 bridgehead atoms. The van der Waals surface area contributed by atoms with Gasteiger partial charge in [0, 0.05) is 32.7 Å². The predicted octanol–water partition coefficient (Wildman–Crippen LogP) is 10.2. The zero-order valence-corrected chi connectivity index (χ0v) is 25.9. The van der Waals surface area contributed by atoms with Crippen molar-refractivity contribution in [3.05, 3.63) is 57.6 Å². The molecule has 1 heterocycles. The van der Waals surface area contributed by atoms with Crippen molar-refractivity contribution in [3.8, 4) is 11.5 Å². The summed E-state index contributed by atoms with van der Waals surface area (Å²) in [5.41, 5.74) is 6.58. The van der Waals surface area contributed by atoms with E-state index >= 15 is 0 Å². The van der Waals surface area contributed by atoms with Crippen LogP contribution in [0.1, 0.15) is 142 Å². The van der Waals surface area contributed by atoms with E-state index in [0.29, 0.717) is 0 Å². The predicted molar refractivity (Wildman–Crippen MR) is 153 cm³/mol. The summed E-state index contributed by atoms with van der Waals surface area (Å²) >= 11 is 0. The third kappa shape index (κ3) is 5.83. The molecular weight excluding hydrogens is 463 g/mol. The minimum absolute atomic E-state index is 0.0283. The summed E-state index contributed by atoms with van der Waals surface area (Å²) in [6.07, 6.45) is 1.97. The summed E-state index contributed by atoms with van der Waals surface area (Å²) in [6, 6.07) is 9.12. The fourth-order valence-electron chi connectivity index (χ4n) is 4.94. The highest BCUT2D eigenvalue weighted by Gasteiger charge is 2.42. The van der Waals surface area contributed by atoms with Crippen molar-refractivity contribution in [3.63, 3.8) is 0 Å². The quantitative estimate of drug-likeness (QED) is 0.376. The monoisotopic (exact) mass is 511 g/mol. The fourth-order valence-corrected chi connectivity index (χ4v) is 5.68. The average Bonchev–Trinajstić information content (AvgIpc) is 2.68. The molecule has 2 aromatic rings. The maximum Gasteiger partial charge on any atom is 0.805 e. The Morgan fingerprint density at radius 3 is 1.28 bits per heavy atom. The van der Waals surface area contributed by atoms with Crippen LogP contribution in [0.25, 0.3) is 0 Å². The van der Waals surface area contributed by atoms with Crippen molar-refractivity contribution in [1.29, 1.82) is 0 Å². The molecule has 0 saturated carbocycles. The van der Waals surface area contributed by atoms with Crippen molar-refractivity contribution in [1.82, 2.24) is 0 Å². The van der Waals surface area contributed by atoms with E-state index in [1.54, 1.807) is 0 Å². The molecule has 0 fully saturated rings. The van der Waals surface area contributed by atoms with E-state index in [-0.39, 0.29) is 27.6 Å². The Kier molecular flexibility index (Phi) is 7.55. The maximum atomic E-state index is 13.5. The smallest absolute Gasteiger partial charge is 0.222 e. The van der Waals surface area contributed by atoms with E-state index in [2.05, 4.69) is 114 Å². The van der Waals surface area contributed by atoms with Gasteiger partial charge in [0.25, 0.3) is 0 Å². The van der Waals surface area contributed by atoms with Crippen LogP contribution in [0.2, 0.25) is 0 Å². The van der Waals surface area contributed by atoms with E-state index in [1.807, 2.05) is 0 Å². The molecule has 0 amide bonds. The molecule has 1 aliphatic rings. The van der Waals surface area contributed by atoms with Gasteiger partial charge in [-0.05, 0) is 39.2 Å². The SMILES string of the molecule is CCCC1c2cc(C(C)(C)C)cc(C(C)(C)C)c2O[P+](=O)Oc2c1cc(C(C)(C)C)cc2C(C)(C)C. The minimum Gasteiger partial charge on any atom is -0.222 e. The second-order valence-corrected chi connectivity index (χ2v) is 15.4. The third-order valence-corrected chi connectivity index (χ3v) is 7.91. The fraction of sp³-hybridized carbons (Fsp3) is 0.625. The Hall–Kier alpha value is -1.86. The first kappa shape index (κ1) is 28.7. The van der Waals surface area contributed by atoms with E-state index in [0.717, 1.165) is 46.6 Å².